The smallest absolute Gasteiger partial charge is 0.0900 e. The third kappa shape index (κ3) is 2.57. The van der Waals surface area contributed by atoms with E-state index in [4.69, 9.17) is 0 Å². The van der Waals surface area contributed by atoms with Crippen molar-refractivity contribution in [1.29, 1.82) is 0 Å². The van der Waals surface area contributed by atoms with E-state index in [-0.39, 0.29) is 0 Å². The van der Waals surface area contributed by atoms with Crippen LogP contribution in [0.4, 0.5) is 0 Å². The molecule has 0 saturated carbocycles. The fourth-order valence-electron chi connectivity index (χ4n) is 1.23. The van der Waals surface area contributed by atoms with Gasteiger partial charge in [-0.25, -0.2) is 4.98 Å². The molecule has 1 N–H and O–H groups in total. The Morgan fingerprint density at radius 1 is 1.42 bits per heavy atom. The molecule has 1 heterocycles. The molecular formula is C9H16N2S. The highest BCUT2D eigenvalue weighted by molar-refractivity contribution is 7.11. The first kappa shape index (κ1) is 9.68. The average molecular weight is 184 g/mol. The predicted octanol–water partition coefficient (Wildman–Crippen LogP) is 1.91. The van der Waals surface area contributed by atoms with E-state index in [2.05, 4.69) is 24.1 Å². The van der Waals surface area contributed by atoms with Crippen molar-refractivity contribution < 1.29 is 0 Å². The van der Waals surface area contributed by atoms with Crippen molar-refractivity contribution in [2.75, 3.05) is 13.6 Å². The summed E-state index contributed by atoms with van der Waals surface area (Å²) in [6.07, 6.45) is 2.37. The molecule has 2 nitrogen and oxygen atoms in total. The van der Waals surface area contributed by atoms with E-state index in [9.17, 15) is 0 Å². The average Bonchev–Trinajstić information content (AvgIpc) is 2.31. The van der Waals surface area contributed by atoms with Gasteiger partial charge in [0, 0.05) is 4.88 Å². The summed E-state index contributed by atoms with van der Waals surface area (Å²) in [7, 11) is 1.99. The lowest BCUT2D eigenvalue weighted by Gasteiger charge is -1.97. The maximum atomic E-state index is 4.39. The van der Waals surface area contributed by atoms with Crippen LogP contribution in [0.3, 0.4) is 0 Å². The Morgan fingerprint density at radius 2 is 2.17 bits per heavy atom. The Morgan fingerprint density at radius 3 is 2.67 bits per heavy atom. The molecule has 0 radical (unpaired) electrons. The number of thiazole rings is 1. The van der Waals surface area contributed by atoms with Crippen molar-refractivity contribution in [2.24, 2.45) is 0 Å². The van der Waals surface area contributed by atoms with E-state index in [0.29, 0.717) is 0 Å². The summed E-state index contributed by atoms with van der Waals surface area (Å²) in [4.78, 5) is 5.83. The van der Waals surface area contributed by atoms with Crippen LogP contribution in [0.1, 0.15) is 22.0 Å². The van der Waals surface area contributed by atoms with Crippen molar-refractivity contribution in [3.05, 3.63) is 15.6 Å². The van der Waals surface area contributed by atoms with Crippen LogP contribution in [0.15, 0.2) is 0 Å². The Kier molecular flexibility index (Phi) is 3.69. The summed E-state index contributed by atoms with van der Waals surface area (Å²) in [6.45, 7) is 5.26. The van der Waals surface area contributed by atoms with E-state index < -0.39 is 0 Å². The van der Waals surface area contributed by atoms with Crippen molar-refractivity contribution in [3.8, 4) is 0 Å². The van der Waals surface area contributed by atoms with Crippen LogP contribution >= 0.6 is 11.3 Å². The zero-order valence-corrected chi connectivity index (χ0v) is 8.79. The molecule has 0 saturated heterocycles. The van der Waals surface area contributed by atoms with Gasteiger partial charge in [0.2, 0.25) is 0 Å². The number of rotatable bonds is 4. The van der Waals surface area contributed by atoms with Gasteiger partial charge in [-0.1, -0.05) is 0 Å². The van der Waals surface area contributed by atoms with Gasteiger partial charge in [0.1, 0.15) is 0 Å². The Hall–Kier alpha value is -0.410. The maximum Gasteiger partial charge on any atom is 0.0900 e. The Bertz CT molecular complexity index is 243. The normalized spacial score (nSPS) is 10.6. The molecule has 1 aromatic heterocycles. The van der Waals surface area contributed by atoms with E-state index in [1.165, 1.54) is 22.0 Å². The minimum atomic E-state index is 1.09. The van der Waals surface area contributed by atoms with Gasteiger partial charge in [0.15, 0.2) is 0 Å². The van der Waals surface area contributed by atoms with Crippen LogP contribution in [0.25, 0.3) is 0 Å². The minimum Gasteiger partial charge on any atom is -0.320 e. The van der Waals surface area contributed by atoms with Crippen molar-refractivity contribution >= 4 is 11.3 Å². The molecule has 1 aromatic rings. The molecule has 0 atom stereocenters. The highest BCUT2D eigenvalue weighted by Gasteiger charge is 2.02. The quantitative estimate of drug-likeness (QED) is 0.723. The Balaban J connectivity index is 2.45. The molecule has 0 bridgehead atoms. The first-order valence-electron chi connectivity index (χ1n) is 4.31. The van der Waals surface area contributed by atoms with Crippen LogP contribution in [0.2, 0.25) is 0 Å². The van der Waals surface area contributed by atoms with E-state index in [0.717, 1.165) is 13.0 Å². The van der Waals surface area contributed by atoms with Crippen LogP contribution in [-0.4, -0.2) is 18.6 Å². The molecule has 12 heavy (non-hydrogen) atoms. The van der Waals surface area contributed by atoms with Crippen LogP contribution in [0.5, 0.6) is 0 Å². The van der Waals surface area contributed by atoms with Gasteiger partial charge in [-0.2, -0.15) is 0 Å². The number of aromatic nitrogens is 1. The predicted molar refractivity (Wildman–Crippen MR) is 53.8 cm³/mol. The number of hydrogen-bond acceptors (Lipinski definition) is 3. The van der Waals surface area contributed by atoms with Crippen molar-refractivity contribution in [3.63, 3.8) is 0 Å². The van der Waals surface area contributed by atoms with E-state index >= 15 is 0 Å². The van der Waals surface area contributed by atoms with Crippen molar-refractivity contribution in [1.82, 2.24) is 10.3 Å². The minimum absolute atomic E-state index is 1.09. The lowest BCUT2D eigenvalue weighted by atomic mass is 10.2. The summed E-state index contributed by atoms with van der Waals surface area (Å²) in [5.41, 5.74) is 1.22. The lowest BCUT2D eigenvalue weighted by molar-refractivity contribution is 0.727. The second-order valence-electron chi connectivity index (χ2n) is 2.95. The van der Waals surface area contributed by atoms with E-state index in [1.54, 1.807) is 0 Å². The van der Waals surface area contributed by atoms with Crippen LogP contribution < -0.4 is 5.32 Å². The molecule has 0 aliphatic heterocycles. The molecule has 68 valence electrons. The van der Waals surface area contributed by atoms with Gasteiger partial charge >= 0.3 is 0 Å². The Labute approximate surface area is 78.0 Å². The summed E-state index contributed by atoms with van der Waals surface area (Å²) in [6, 6.07) is 0. The van der Waals surface area contributed by atoms with Gasteiger partial charge in [-0.3, -0.25) is 0 Å². The summed E-state index contributed by atoms with van der Waals surface area (Å²) >= 11 is 1.83. The van der Waals surface area contributed by atoms with Gasteiger partial charge in [-0.05, 0) is 40.3 Å². The summed E-state index contributed by atoms with van der Waals surface area (Å²) in [5.74, 6) is 0. The zero-order valence-electron chi connectivity index (χ0n) is 7.98. The second kappa shape index (κ2) is 4.58. The maximum absolute atomic E-state index is 4.39. The SMILES string of the molecule is CNCCCc1sc(C)nc1C. The molecule has 0 fully saturated rings. The first-order chi connectivity index (χ1) is 5.74. The van der Waals surface area contributed by atoms with Gasteiger partial charge in [0.05, 0.1) is 10.7 Å². The molecule has 1 rings (SSSR count). The fraction of sp³-hybridized carbons (Fsp3) is 0.667. The molecule has 0 aromatic carbocycles. The van der Waals surface area contributed by atoms with Crippen LogP contribution in [-0.2, 0) is 6.42 Å². The monoisotopic (exact) mass is 184 g/mol. The van der Waals surface area contributed by atoms with Gasteiger partial charge < -0.3 is 5.32 Å². The van der Waals surface area contributed by atoms with Crippen molar-refractivity contribution in [2.45, 2.75) is 26.7 Å². The van der Waals surface area contributed by atoms with Crippen LogP contribution in [0, 0.1) is 13.8 Å². The fourth-order valence-corrected chi connectivity index (χ4v) is 2.21. The molecule has 0 amide bonds. The topological polar surface area (TPSA) is 24.9 Å². The largest absolute Gasteiger partial charge is 0.320 e. The number of nitrogens with zero attached hydrogens (tertiary/aromatic N) is 1. The molecule has 0 unspecified atom stereocenters. The standard InChI is InChI=1S/C9H16N2S/c1-7-9(5-4-6-10-3)12-8(2)11-7/h10H,4-6H2,1-3H3. The molecule has 3 heteroatoms. The molecule has 0 spiro atoms. The van der Waals surface area contributed by atoms with E-state index in [1.807, 2.05) is 18.4 Å². The highest BCUT2D eigenvalue weighted by Crippen LogP contribution is 2.18. The van der Waals surface area contributed by atoms with Gasteiger partial charge in [0.25, 0.3) is 0 Å². The number of hydrogen-bond donors (Lipinski definition) is 1. The first-order valence-corrected chi connectivity index (χ1v) is 5.13. The molecular weight excluding hydrogens is 168 g/mol. The summed E-state index contributed by atoms with van der Waals surface area (Å²) < 4.78 is 0. The third-order valence-electron chi connectivity index (χ3n) is 1.83. The van der Waals surface area contributed by atoms with Gasteiger partial charge in [-0.15, -0.1) is 11.3 Å². The molecule has 0 aliphatic rings. The third-order valence-corrected chi connectivity index (χ3v) is 2.96. The second-order valence-corrected chi connectivity index (χ2v) is 4.24. The lowest BCUT2D eigenvalue weighted by Crippen LogP contribution is -2.08. The summed E-state index contributed by atoms with van der Waals surface area (Å²) in [5, 5.41) is 4.34. The number of nitrogens with one attached hydrogen (secondary N) is 1. The number of aryl methyl sites for hydroxylation is 3. The molecule has 0 aliphatic carbocycles. The highest BCUT2D eigenvalue weighted by atomic mass is 32.1. The zero-order chi connectivity index (χ0) is 8.97.